The molecule has 0 aromatic carbocycles. The van der Waals surface area contributed by atoms with Crippen molar-refractivity contribution in [1.82, 2.24) is 20.9 Å². The summed E-state index contributed by atoms with van der Waals surface area (Å²) in [6, 6.07) is 2.70. The summed E-state index contributed by atoms with van der Waals surface area (Å²) in [4.78, 5) is 2.01. The van der Waals surface area contributed by atoms with Crippen molar-refractivity contribution in [2.45, 2.75) is 88.9 Å². The maximum absolute atomic E-state index is 9.27. The molecule has 2 aliphatic carbocycles. The van der Waals surface area contributed by atoms with Crippen LogP contribution in [0, 0.1) is 29.1 Å². The van der Waals surface area contributed by atoms with Crippen LogP contribution in [0.25, 0.3) is 0 Å². The fourth-order valence-corrected chi connectivity index (χ4v) is 5.88. The van der Waals surface area contributed by atoms with Crippen LogP contribution in [0.1, 0.15) is 64.2 Å². The number of aliphatic hydroxyl groups is 2. The van der Waals surface area contributed by atoms with E-state index in [9.17, 15) is 10.2 Å². The van der Waals surface area contributed by atoms with Crippen LogP contribution in [-0.2, 0) is 4.74 Å². The lowest BCUT2D eigenvalue weighted by molar-refractivity contribution is -0.0617. The number of rotatable bonds is 11. The average Bonchev–Trinajstić information content (AvgIpc) is 2.82. The predicted molar refractivity (Wildman–Crippen MR) is 124 cm³/mol. The van der Waals surface area contributed by atoms with Crippen LogP contribution >= 0.6 is 0 Å². The second-order valence-electron chi connectivity index (χ2n) is 10.1. The number of nitrogens with one attached hydrogen (secondary N) is 3. The summed E-state index contributed by atoms with van der Waals surface area (Å²) in [6.07, 6.45) is 10.7. The number of nitrogens with zero attached hydrogens (tertiary/aromatic N) is 2. The Balaban J connectivity index is 1.29. The van der Waals surface area contributed by atoms with Crippen molar-refractivity contribution in [3.63, 3.8) is 0 Å². The van der Waals surface area contributed by atoms with Gasteiger partial charge in [-0.1, -0.05) is 0 Å². The Morgan fingerprint density at radius 3 is 2.28 bits per heavy atom. The van der Waals surface area contributed by atoms with E-state index in [2.05, 4.69) is 22.0 Å². The smallest absolute Gasteiger partial charge is 0.164 e. The van der Waals surface area contributed by atoms with E-state index < -0.39 is 6.29 Å². The summed E-state index contributed by atoms with van der Waals surface area (Å²) in [5, 5.41) is 38.5. The summed E-state index contributed by atoms with van der Waals surface area (Å²) >= 11 is 0. The number of hydrogen-bond donors (Lipinski definition) is 5. The van der Waals surface area contributed by atoms with Gasteiger partial charge in [0, 0.05) is 45.8 Å². The van der Waals surface area contributed by atoms with E-state index in [1.807, 2.05) is 12.0 Å². The molecule has 0 unspecified atom stereocenters. The van der Waals surface area contributed by atoms with Crippen LogP contribution in [-0.4, -0.2) is 79.7 Å². The molecule has 0 spiro atoms. The van der Waals surface area contributed by atoms with Crippen LogP contribution < -0.4 is 16.0 Å². The van der Waals surface area contributed by atoms with Crippen molar-refractivity contribution in [3.05, 3.63) is 0 Å². The number of nitriles is 1. The van der Waals surface area contributed by atoms with Gasteiger partial charge in [-0.2, -0.15) is 5.26 Å². The minimum absolute atomic E-state index is 0.218. The van der Waals surface area contributed by atoms with E-state index >= 15 is 0 Å². The summed E-state index contributed by atoms with van der Waals surface area (Å²) in [5.74, 6) is 2.23. The zero-order chi connectivity index (χ0) is 22.8. The summed E-state index contributed by atoms with van der Waals surface area (Å²) in [6.45, 7) is 3.86. The van der Waals surface area contributed by atoms with E-state index in [1.165, 1.54) is 51.4 Å². The van der Waals surface area contributed by atoms with Gasteiger partial charge in [-0.15, -0.1) is 0 Å². The fraction of sp³-hybridized carbons (Fsp3) is 0.958. The number of ether oxygens (including phenoxy) is 1. The molecular formula is C24H45N5O3. The van der Waals surface area contributed by atoms with Crippen LogP contribution in [0.5, 0.6) is 0 Å². The van der Waals surface area contributed by atoms with Gasteiger partial charge in [-0.25, -0.2) is 0 Å². The van der Waals surface area contributed by atoms with Gasteiger partial charge in [-0.05, 0) is 82.1 Å². The van der Waals surface area contributed by atoms with E-state index in [0.29, 0.717) is 31.0 Å². The van der Waals surface area contributed by atoms with Gasteiger partial charge < -0.3 is 14.9 Å². The highest BCUT2D eigenvalue weighted by atomic mass is 16.5. The lowest BCUT2D eigenvalue weighted by Crippen LogP contribution is -2.63. The van der Waals surface area contributed by atoms with Crippen LogP contribution in [0.15, 0.2) is 0 Å². The van der Waals surface area contributed by atoms with E-state index in [4.69, 9.17) is 10.00 Å². The SMILES string of the molecule is COC1CCC(C2CNC(NC3CCC(CCN(CCC#N)CC(O)O)CC3)NC2)CC1. The largest absolute Gasteiger partial charge is 0.381 e. The number of methoxy groups -OCH3 is 1. The fourth-order valence-electron chi connectivity index (χ4n) is 5.88. The molecule has 0 radical (unpaired) electrons. The first-order valence-electron chi connectivity index (χ1n) is 12.8. The van der Waals surface area contributed by atoms with Crippen molar-refractivity contribution in [2.24, 2.45) is 17.8 Å². The highest BCUT2D eigenvalue weighted by molar-refractivity contribution is 4.87. The van der Waals surface area contributed by atoms with Gasteiger partial charge in [-0.3, -0.25) is 20.9 Å². The molecule has 0 aromatic rings. The Morgan fingerprint density at radius 1 is 1.00 bits per heavy atom. The van der Waals surface area contributed by atoms with Crippen molar-refractivity contribution >= 4 is 0 Å². The first-order valence-corrected chi connectivity index (χ1v) is 12.8. The molecule has 184 valence electrons. The number of hydrogen-bond acceptors (Lipinski definition) is 8. The molecule has 3 aliphatic rings. The van der Waals surface area contributed by atoms with Crippen molar-refractivity contribution < 1.29 is 14.9 Å². The molecular weight excluding hydrogens is 406 g/mol. The minimum atomic E-state index is -1.33. The zero-order valence-corrected chi connectivity index (χ0v) is 19.8. The van der Waals surface area contributed by atoms with Gasteiger partial charge >= 0.3 is 0 Å². The highest BCUT2D eigenvalue weighted by Gasteiger charge is 2.31. The second kappa shape index (κ2) is 13.8. The van der Waals surface area contributed by atoms with Gasteiger partial charge in [0.25, 0.3) is 0 Å². The molecule has 3 fully saturated rings. The standard InChI is InChI=1S/C24H45N5O3/c1-32-22-9-5-19(6-10-22)20-15-26-24(27-16-20)28-21-7-3-18(4-8-21)11-14-29(13-2-12-25)17-23(30)31/h18-24,26-28,30-31H,2-11,13-17H2,1H3. The van der Waals surface area contributed by atoms with Gasteiger partial charge in [0.1, 0.15) is 6.29 Å². The third kappa shape index (κ3) is 8.53. The molecule has 1 saturated heterocycles. The molecule has 8 nitrogen and oxygen atoms in total. The first-order chi connectivity index (χ1) is 15.6. The van der Waals surface area contributed by atoms with Crippen molar-refractivity contribution in [2.75, 3.05) is 39.8 Å². The summed E-state index contributed by atoms with van der Waals surface area (Å²) in [5.41, 5.74) is 0. The maximum atomic E-state index is 9.27. The lowest BCUT2D eigenvalue weighted by atomic mass is 9.78. The average molecular weight is 452 g/mol. The Labute approximate surface area is 194 Å². The van der Waals surface area contributed by atoms with Crippen molar-refractivity contribution in [3.8, 4) is 6.07 Å². The monoisotopic (exact) mass is 451 g/mol. The quantitative estimate of drug-likeness (QED) is 0.299. The van der Waals surface area contributed by atoms with E-state index in [0.717, 1.165) is 37.9 Å². The van der Waals surface area contributed by atoms with Crippen LogP contribution in [0.4, 0.5) is 0 Å². The normalized spacial score (nSPS) is 34.0. The minimum Gasteiger partial charge on any atom is -0.381 e. The molecule has 2 saturated carbocycles. The third-order valence-electron chi connectivity index (χ3n) is 7.95. The van der Waals surface area contributed by atoms with E-state index in [1.54, 1.807) is 0 Å². The zero-order valence-electron chi connectivity index (χ0n) is 19.8. The molecule has 32 heavy (non-hydrogen) atoms. The maximum Gasteiger partial charge on any atom is 0.164 e. The topological polar surface area (TPSA) is 113 Å². The van der Waals surface area contributed by atoms with Crippen LogP contribution in [0.2, 0.25) is 0 Å². The highest BCUT2D eigenvalue weighted by Crippen LogP contribution is 2.32. The van der Waals surface area contributed by atoms with E-state index in [-0.39, 0.29) is 12.8 Å². The lowest BCUT2D eigenvalue weighted by Gasteiger charge is -2.40. The molecule has 5 N–H and O–H groups in total. The summed E-state index contributed by atoms with van der Waals surface area (Å²) < 4.78 is 5.52. The predicted octanol–water partition coefficient (Wildman–Crippen LogP) is 1.35. The molecule has 8 heteroatoms. The Bertz CT molecular complexity index is 548. The molecule has 0 bridgehead atoms. The van der Waals surface area contributed by atoms with Crippen molar-refractivity contribution in [1.29, 1.82) is 5.26 Å². The number of aliphatic hydroxyl groups excluding tert-OH is 1. The van der Waals surface area contributed by atoms with Gasteiger partial charge in [0.05, 0.1) is 12.2 Å². The third-order valence-corrected chi connectivity index (χ3v) is 7.95. The summed E-state index contributed by atoms with van der Waals surface area (Å²) in [7, 11) is 1.84. The Morgan fingerprint density at radius 2 is 1.69 bits per heavy atom. The van der Waals surface area contributed by atoms with Gasteiger partial charge in [0.2, 0.25) is 0 Å². The molecule has 1 aliphatic heterocycles. The molecule has 0 atom stereocenters. The van der Waals surface area contributed by atoms with Gasteiger partial charge in [0.15, 0.2) is 6.29 Å². The van der Waals surface area contributed by atoms with Crippen LogP contribution in [0.3, 0.4) is 0 Å². The Kier molecular flexibility index (Phi) is 11.1. The molecule has 0 aromatic heterocycles. The molecule has 1 heterocycles. The Hall–Kier alpha value is -0.790. The molecule has 3 rings (SSSR count). The second-order valence-corrected chi connectivity index (χ2v) is 10.1. The first kappa shape index (κ1) is 25.8. The molecule has 0 amide bonds.